The first-order valence-electron chi connectivity index (χ1n) is 8.00. The average molecular weight is 297 g/mol. The van der Waals surface area contributed by atoms with Gasteiger partial charge in [0, 0.05) is 19.6 Å². The number of hydrogen-bond acceptors (Lipinski definition) is 3. The molecule has 1 heterocycles. The molecule has 1 aliphatic heterocycles. The van der Waals surface area contributed by atoms with Crippen LogP contribution in [0.3, 0.4) is 0 Å². The molecule has 0 radical (unpaired) electrons. The second kappa shape index (κ2) is 8.87. The highest BCUT2D eigenvalue weighted by Gasteiger charge is 2.24. The Bertz CT molecular complexity index is 348. The molecule has 6 nitrogen and oxygen atoms in total. The molecule has 0 bridgehead atoms. The van der Waals surface area contributed by atoms with Crippen LogP contribution in [-0.4, -0.2) is 56.0 Å². The van der Waals surface area contributed by atoms with E-state index in [1.54, 1.807) is 0 Å². The lowest BCUT2D eigenvalue weighted by Gasteiger charge is -2.26. The van der Waals surface area contributed by atoms with Crippen molar-refractivity contribution < 1.29 is 4.79 Å². The number of nitrogens with two attached hydrogens (primary N) is 1. The molecule has 21 heavy (non-hydrogen) atoms. The van der Waals surface area contributed by atoms with Gasteiger partial charge in [0.2, 0.25) is 5.91 Å². The molecule has 1 aliphatic rings. The minimum atomic E-state index is -0.616. The molecule has 0 aromatic carbocycles. The Morgan fingerprint density at radius 1 is 1.24 bits per heavy atom. The third-order valence-corrected chi connectivity index (χ3v) is 3.81. The first-order valence-corrected chi connectivity index (χ1v) is 8.00. The fraction of sp³-hybridized carbons (Fsp3) is 0.867. The van der Waals surface area contributed by atoms with E-state index in [-0.39, 0.29) is 5.91 Å². The molecule has 0 atom stereocenters. The van der Waals surface area contributed by atoms with Gasteiger partial charge in [-0.2, -0.15) is 0 Å². The number of rotatable bonds is 7. The number of carbonyl (C=O) groups excluding carboxylic acids is 1. The van der Waals surface area contributed by atoms with Crippen LogP contribution in [-0.2, 0) is 4.79 Å². The Kier molecular flexibility index (Phi) is 7.50. The van der Waals surface area contributed by atoms with Crippen LogP contribution in [0, 0.1) is 5.41 Å². The maximum absolute atomic E-state index is 11.3. The number of carbonyl (C=O) groups is 1. The lowest BCUT2D eigenvalue weighted by molar-refractivity contribution is -0.125. The number of hydrogen-bond donors (Lipinski definition) is 3. The van der Waals surface area contributed by atoms with Crippen molar-refractivity contribution in [3.8, 4) is 0 Å². The molecular formula is C15H31N5O. The Labute approximate surface area is 128 Å². The molecule has 0 aromatic rings. The van der Waals surface area contributed by atoms with Crippen LogP contribution >= 0.6 is 0 Å². The summed E-state index contributed by atoms with van der Waals surface area (Å²) < 4.78 is 0. The van der Waals surface area contributed by atoms with E-state index in [1.165, 1.54) is 32.4 Å². The SMILES string of the molecule is CCNC(=NCC(C)(C)C(N)=O)NCCN1CCCCC1. The van der Waals surface area contributed by atoms with Gasteiger partial charge in [0.15, 0.2) is 5.96 Å². The fourth-order valence-electron chi connectivity index (χ4n) is 2.21. The van der Waals surface area contributed by atoms with Crippen molar-refractivity contribution in [1.29, 1.82) is 0 Å². The molecule has 1 rings (SSSR count). The molecule has 0 spiro atoms. The van der Waals surface area contributed by atoms with Crippen molar-refractivity contribution >= 4 is 11.9 Å². The van der Waals surface area contributed by atoms with Gasteiger partial charge in [0.25, 0.3) is 0 Å². The molecule has 0 aromatic heterocycles. The predicted octanol–water partition coefficient (Wildman–Crippen LogP) is 0.539. The summed E-state index contributed by atoms with van der Waals surface area (Å²) >= 11 is 0. The summed E-state index contributed by atoms with van der Waals surface area (Å²) in [5.41, 5.74) is 4.76. The zero-order valence-corrected chi connectivity index (χ0v) is 13.7. The smallest absolute Gasteiger partial charge is 0.224 e. The van der Waals surface area contributed by atoms with Crippen LogP contribution in [0.4, 0.5) is 0 Å². The second-order valence-electron chi connectivity index (χ2n) is 6.27. The van der Waals surface area contributed by atoms with Gasteiger partial charge in [-0.1, -0.05) is 6.42 Å². The molecular weight excluding hydrogens is 266 g/mol. The third-order valence-electron chi connectivity index (χ3n) is 3.81. The van der Waals surface area contributed by atoms with E-state index in [4.69, 9.17) is 5.73 Å². The monoisotopic (exact) mass is 297 g/mol. The molecule has 1 fully saturated rings. The summed E-state index contributed by atoms with van der Waals surface area (Å²) in [7, 11) is 0. The van der Waals surface area contributed by atoms with Gasteiger partial charge in [0.05, 0.1) is 12.0 Å². The number of guanidine groups is 1. The molecule has 1 saturated heterocycles. The van der Waals surface area contributed by atoms with E-state index in [1.807, 2.05) is 20.8 Å². The van der Waals surface area contributed by atoms with Crippen molar-refractivity contribution in [1.82, 2.24) is 15.5 Å². The highest BCUT2D eigenvalue weighted by atomic mass is 16.1. The van der Waals surface area contributed by atoms with E-state index >= 15 is 0 Å². The second-order valence-corrected chi connectivity index (χ2v) is 6.27. The minimum absolute atomic E-state index is 0.324. The summed E-state index contributed by atoms with van der Waals surface area (Å²) in [5.74, 6) is 0.430. The summed E-state index contributed by atoms with van der Waals surface area (Å²) in [6, 6.07) is 0. The van der Waals surface area contributed by atoms with Crippen LogP contribution in [0.15, 0.2) is 4.99 Å². The largest absolute Gasteiger partial charge is 0.369 e. The number of primary amides is 1. The van der Waals surface area contributed by atoms with Crippen molar-refractivity contribution in [2.45, 2.75) is 40.0 Å². The van der Waals surface area contributed by atoms with Gasteiger partial charge in [-0.3, -0.25) is 9.79 Å². The van der Waals surface area contributed by atoms with Crippen LogP contribution in [0.1, 0.15) is 40.0 Å². The molecule has 122 valence electrons. The standard InChI is InChI=1S/C15H31N5O/c1-4-17-14(19-12-15(2,3)13(16)21)18-8-11-20-9-6-5-7-10-20/h4-12H2,1-3H3,(H2,16,21)(H2,17,18,19). The van der Waals surface area contributed by atoms with E-state index in [2.05, 4.69) is 20.5 Å². The number of likely N-dealkylation sites (tertiary alicyclic amines) is 1. The van der Waals surface area contributed by atoms with Gasteiger partial charge >= 0.3 is 0 Å². The van der Waals surface area contributed by atoms with E-state index in [0.717, 1.165) is 25.6 Å². The van der Waals surface area contributed by atoms with Gasteiger partial charge in [-0.05, 0) is 46.7 Å². The quantitative estimate of drug-likeness (QED) is 0.473. The Hall–Kier alpha value is -1.30. The third kappa shape index (κ3) is 6.80. The highest BCUT2D eigenvalue weighted by Crippen LogP contribution is 2.13. The van der Waals surface area contributed by atoms with Gasteiger partial charge in [-0.15, -0.1) is 0 Å². The zero-order chi connectivity index (χ0) is 15.7. The van der Waals surface area contributed by atoms with Crippen molar-refractivity contribution in [2.75, 3.05) is 39.3 Å². The molecule has 0 saturated carbocycles. The number of nitrogens with zero attached hydrogens (tertiary/aromatic N) is 2. The van der Waals surface area contributed by atoms with E-state index in [9.17, 15) is 4.79 Å². The van der Waals surface area contributed by atoms with Crippen LogP contribution in [0.5, 0.6) is 0 Å². The Morgan fingerprint density at radius 3 is 2.48 bits per heavy atom. The summed E-state index contributed by atoms with van der Waals surface area (Å²) in [5, 5.41) is 6.52. The van der Waals surface area contributed by atoms with E-state index < -0.39 is 5.41 Å². The molecule has 6 heteroatoms. The van der Waals surface area contributed by atoms with E-state index in [0.29, 0.717) is 6.54 Å². The van der Waals surface area contributed by atoms with Gasteiger partial charge in [0.1, 0.15) is 0 Å². The van der Waals surface area contributed by atoms with Crippen LogP contribution < -0.4 is 16.4 Å². The van der Waals surface area contributed by atoms with Crippen molar-refractivity contribution in [3.63, 3.8) is 0 Å². The predicted molar refractivity (Wildman–Crippen MR) is 87.2 cm³/mol. The van der Waals surface area contributed by atoms with Crippen molar-refractivity contribution in [3.05, 3.63) is 0 Å². The normalized spacial score (nSPS) is 17.6. The fourth-order valence-corrected chi connectivity index (χ4v) is 2.21. The maximum atomic E-state index is 11.3. The average Bonchev–Trinajstić information content (AvgIpc) is 2.46. The number of aliphatic imine (C=N–C) groups is 1. The first-order chi connectivity index (χ1) is 9.95. The number of nitrogens with one attached hydrogen (secondary N) is 2. The molecule has 0 unspecified atom stereocenters. The highest BCUT2D eigenvalue weighted by molar-refractivity contribution is 5.82. The number of amides is 1. The summed E-state index contributed by atoms with van der Waals surface area (Å²) in [6.07, 6.45) is 3.97. The molecule has 1 amide bonds. The summed E-state index contributed by atoms with van der Waals surface area (Å²) in [6.45, 7) is 11.1. The van der Waals surface area contributed by atoms with Crippen molar-refractivity contribution in [2.24, 2.45) is 16.1 Å². The maximum Gasteiger partial charge on any atom is 0.224 e. The molecule has 4 N–H and O–H groups in total. The van der Waals surface area contributed by atoms with Crippen LogP contribution in [0.2, 0.25) is 0 Å². The minimum Gasteiger partial charge on any atom is -0.369 e. The Balaban J connectivity index is 2.39. The first kappa shape index (κ1) is 17.8. The topological polar surface area (TPSA) is 82.7 Å². The van der Waals surface area contributed by atoms with Gasteiger partial charge < -0.3 is 21.3 Å². The van der Waals surface area contributed by atoms with Gasteiger partial charge in [-0.25, -0.2) is 0 Å². The Morgan fingerprint density at radius 2 is 1.90 bits per heavy atom. The zero-order valence-electron chi connectivity index (χ0n) is 13.7. The van der Waals surface area contributed by atoms with Crippen LogP contribution in [0.25, 0.3) is 0 Å². The lowest BCUT2D eigenvalue weighted by Crippen LogP contribution is -2.43. The molecule has 0 aliphatic carbocycles. The number of piperidine rings is 1. The lowest BCUT2D eigenvalue weighted by atomic mass is 9.93. The summed E-state index contributed by atoms with van der Waals surface area (Å²) in [4.78, 5) is 18.3.